The highest BCUT2D eigenvalue weighted by molar-refractivity contribution is 7.91. The van der Waals surface area contributed by atoms with Gasteiger partial charge >= 0.3 is 6.09 Å². The fourth-order valence-electron chi connectivity index (χ4n) is 7.43. The number of rotatable bonds is 7. The van der Waals surface area contributed by atoms with Gasteiger partial charge in [-0.15, -0.1) is 0 Å². The van der Waals surface area contributed by atoms with Crippen molar-refractivity contribution in [1.29, 1.82) is 0 Å². The van der Waals surface area contributed by atoms with Gasteiger partial charge in [-0.3, -0.25) is 19.1 Å². The second kappa shape index (κ2) is 14.6. The number of alkyl carbamates (subject to hydrolysis) is 1. The van der Waals surface area contributed by atoms with Crippen LogP contribution in [0.15, 0.2) is 54.6 Å². The smallest absolute Gasteiger partial charge is 0.407 e. The van der Waals surface area contributed by atoms with Crippen LogP contribution in [0.2, 0.25) is 0 Å². The zero-order valence-electron chi connectivity index (χ0n) is 30.8. The molecule has 55 heavy (non-hydrogen) atoms. The van der Waals surface area contributed by atoms with Gasteiger partial charge in [-0.05, 0) is 55.6 Å². The molecule has 3 fully saturated rings. The van der Waals surface area contributed by atoms with E-state index in [0.717, 1.165) is 23.1 Å². The van der Waals surface area contributed by atoms with Crippen LogP contribution in [0, 0.1) is 11.3 Å². The van der Waals surface area contributed by atoms with E-state index in [0.29, 0.717) is 37.1 Å². The van der Waals surface area contributed by atoms with Gasteiger partial charge in [0.1, 0.15) is 29.0 Å². The summed E-state index contributed by atoms with van der Waals surface area (Å²) in [7, 11) is -4.13. The fourth-order valence-corrected chi connectivity index (χ4v) is 8.79. The van der Waals surface area contributed by atoms with Crippen molar-refractivity contribution in [3.8, 4) is 22.5 Å². The van der Waals surface area contributed by atoms with Gasteiger partial charge in [0.25, 0.3) is 5.91 Å². The summed E-state index contributed by atoms with van der Waals surface area (Å²) in [6.45, 7) is 5.20. The molecule has 1 unspecified atom stereocenters. The molecular weight excluding hydrogens is 737 g/mol. The molecule has 5 atom stereocenters. The second-order valence-electron chi connectivity index (χ2n) is 16.0. The van der Waals surface area contributed by atoms with Gasteiger partial charge in [-0.25, -0.2) is 22.0 Å². The molecule has 2 aromatic carbocycles. The number of cyclic esters (lactones) is 1. The maximum atomic E-state index is 14.6. The van der Waals surface area contributed by atoms with Crippen molar-refractivity contribution < 1.29 is 41.1 Å². The number of nitrogens with zero attached hydrogens (tertiary/aromatic N) is 4. The van der Waals surface area contributed by atoms with Crippen molar-refractivity contribution in [2.24, 2.45) is 11.3 Å². The first-order chi connectivity index (χ1) is 26.1. The summed E-state index contributed by atoms with van der Waals surface area (Å²) in [5.41, 5.74) is 0.686. The highest BCUT2D eigenvalue weighted by Gasteiger charge is 2.67. The van der Waals surface area contributed by atoms with Gasteiger partial charge in [0.2, 0.25) is 28.3 Å². The zero-order chi connectivity index (χ0) is 39.3. The Kier molecular flexibility index (Phi) is 10.2. The van der Waals surface area contributed by atoms with Crippen molar-refractivity contribution in [2.45, 2.75) is 101 Å². The van der Waals surface area contributed by atoms with Crippen molar-refractivity contribution in [3.05, 3.63) is 60.2 Å². The second-order valence-corrected chi connectivity index (χ2v) is 18.0. The molecule has 4 aliphatic rings. The van der Waals surface area contributed by atoms with Gasteiger partial charge in [0.15, 0.2) is 0 Å². The molecule has 3 heterocycles. The number of fused-ring (bicyclic) bond motifs is 8. The molecule has 7 rings (SSSR count). The van der Waals surface area contributed by atoms with Gasteiger partial charge in [-0.2, -0.15) is 15.0 Å². The first kappa shape index (κ1) is 38.3. The number of aromatic nitrogens is 3. The number of sulfonamides is 1. The predicted molar refractivity (Wildman–Crippen MR) is 196 cm³/mol. The summed E-state index contributed by atoms with van der Waals surface area (Å²) in [6, 6.07) is 14.1. The minimum absolute atomic E-state index is 0.0846. The predicted octanol–water partition coefficient (Wildman–Crippen LogP) is 3.98. The summed E-state index contributed by atoms with van der Waals surface area (Å²) >= 11 is 0. The lowest BCUT2D eigenvalue weighted by Crippen LogP contribution is -2.60. The largest absolute Gasteiger partial charge is 0.450 e. The third-order valence-electron chi connectivity index (χ3n) is 10.8. The standard InChI is InChI=1S/C38H45F2N7O7S/c1-37(2,3)31-34(49)46-21-25(19-28(46)33(48)42-38(20-27(38)32(39)40)35(50)45-55(52,53)26-15-16-26)47-43-29(23-12-5-4-6-13-23)30(44-47)24-14-9-11-22(18-24)10-7-8-17-54-36(51)41-31/h4-6,9,11-14,18,25-28,31-32H,7-8,10,15-17,19-21H2,1-3H3,(H,41,51)(H,42,48)(H,45,50)/t25?,27-,28-,31+,38-/m0/s1. The number of ether oxygens (including phenoxy) is 1. The molecule has 2 aliphatic carbocycles. The van der Waals surface area contributed by atoms with E-state index in [-0.39, 0.29) is 19.6 Å². The van der Waals surface area contributed by atoms with Crippen LogP contribution >= 0.6 is 0 Å². The first-order valence-corrected chi connectivity index (χ1v) is 20.1. The number of carbonyl (C=O) groups excluding carboxylic acids is 4. The summed E-state index contributed by atoms with van der Waals surface area (Å²) in [5.74, 6) is -4.46. The van der Waals surface area contributed by atoms with E-state index in [2.05, 4.69) is 10.6 Å². The molecule has 4 amide bonds. The van der Waals surface area contributed by atoms with Gasteiger partial charge in [-0.1, -0.05) is 69.3 Å². The third kappa shape index (κ3) is 7.93. The summed E-state index contributed by atoms with van der Waals surface area (Å²) < 4.78 is 61.1. The molecule has 0 spiro atoms. The van der Waals surface area contributed by atoms with E-state index in [1.807, 2.05) is 59.3 Å². The zero-order valence-corrected chi connectivity index (χ0v) is 31.7. The Hall–Kier alpha value is -4.93. The molecule has 0 radical (unpaired) electrons. The number of benzene rings is 2. The lowest BCUT2D eigenvalue weighted by molar-refractivity contribution is -0.143. The number of halogens is 2. The molecule has 17 heteroatoms. The molecular formula is C38H45F2N7O7S. The van der Waals surface area contributed by atoms with E-state index in [9.17, 15) is 36.4 Å². The molecule has 294 valence electrons. The SMILES string of the molecule is CC(C)(C)[C@@H]1NC(=O)OCCCCc2cccc(c2)-c2nn(nc2-c2ccccc2)C2C[C@@H](C(=O)N[C@@]3(C(=O)NS(=O)(=O)C4CC4)C[C@H]3C(F)F)N(C2)C1=O. The quantitative estimate of drug-likeness (QED) is 0.320. The minimum atomic E-state index is -4.13. The van der Waals surface area contributed by atoms with Crippen LogP contribution in [0.5, 0.6) is 0 Å². The van der Waals surface area contributed by atoms with Crippen LogP contribution in [-0.2, 0) is 35.6 Å². The van der Waals surface area contributed by atoms with E-state index >= 15 is 0 Å². The fraction of sp³-hybridized carbons (Fsp3) is 0.526. The summed E-state index contributed by atoms with van der Waals surface area (Å²) in [4.78, 5) is 58.1. The Morgan fingerprint density at radius 1 is 1.00 bits per heavy atom. The Balaban J connectivity index is 1.28. The molecule has 3 N–H and O–H groups in total. The maximum Gasteiger partial charge on any atom is 0.407 e. The Labute approximate surface area is 317 Å². The van der Waals surface area contributed by atoms with E-state index in [1.54, 1.807) is 20.8 Å². The minimum Gasteiger partial charge on any atom is -0.450 e. The topological polar surface area (TPSA) is 182 Å². The van der Waals surface area contributed by atoms with E-state index in [4.69, 9.17) is 14.9 Å². The van der Waals surface area contributed by atoms with Gasteiger partial charge in [0, 0.05) is 24.1 Å². The van der Waals surface area contributed by atoms with Gasteiger partial charge in [0.05, 0.1) is 23.8 Å². The molecule has 6 bridgehead atoms. The van der Waals surface area contributed by atoms with Crippen molar-refractivity contribution >= 4 is 33.8 Å². The number of amides is 4. The highest BCUT2D eigenvalue weighted by Crippen LogP contribution is 2.49. The molecule has 14 nitrogen and oxygen atoms in total. The van der Waals surface area contributed by atoms with Crippen LogP contribution < -0.4 is 15.4 Å². The monoisotopic (exact) mass is 781 g/mol. The Morgan fingerprint density at radius 3 is 2.35 bits per heavy atom. The highest BCUT2D eigenvalue weighted by atomic mass is 32.2. The Morgan fingerprint density at radius 2 is 1.69 bits per heavy atom. The number of alkyl halides is 2. The molecule has 2 aliphatic heterocycles. The van der Waals surface area contributed by atoms with Crippen LogP contribution in [0.25, 0.3) is 22.5 Å². The number of nitrogens with one attached hydrogen (secondary N) is 3. The number of carbonyl (C=O) groups is 4. The Bertz CT molecular complexity index is 2090. The van der Waals surface area contributed by atoms with Crippen molar-refractivity contribution in [3.63, 3.8) is 0 Å². The van der Waals surface area contributed by atoms with Crippen LogP contribution in [0.4, 0.5) is 13.6 Å². The number of hydrogen-bond donors (Lipinski definition) is 3. The van der Waals surface area contributed by atoms with Crippen molar-refractivity contribution in [2.75, 3.05) is 13.2 Å². The third-order valence-corrected chi connectivity index (χ3v) is 12.6. The number of hydrogen-bond acceptors (Lipinski definition) is 9. The summed E-state index contributed by atoms with van der Waals surface area (Å²) in [6.07, 6.45) is -1.77. The molecule has 3 aromatic rings. The lowest BCUT2D eigenvalue weighted by Gasteiger charge is -2.35. The van der Waals surface area contributed by atoms with Gasteiger partial charge < -0.3 is 20.3 Å². The summed E-state index contributed by atoms with van der Waals surface area (Å²) in [5, 5.41) is 14.2. The van der Waals surface area contributed by atoms with Crippen LogP contribution in [-0.4, -0.2) is 94.6 Å². The normalized spacial score (nSPS) is 26.0. The number of aryl methyl sites for hydroxylation is 1. The molecule has 1 aromatic heterocycles. The maximum absolute atomic E-state index is 14.6. The average Bonchev–Trinajstić information content (AvgIpc) is 4.03. The molecule has 1 saturated heterocycles. The average molecular weight is 782 g/mol. The molecule has 2 saturated carbocycles. The van der Waals surface area contributed by atoms with E-state index < -0.39 is 86.9 Å². The first-order valence-electron chi connectivity index (χ1n) is 18.6. The van der Waals surface area contributed by atoms with Crippen LogP contribution in [0.3, 0.4) is 0 Å². The van der Waals surface area contributed by atoms with Crippen LogP contribution in [0.1, 0.15) is 70.9 Å². The lowest BCUT2D eigenvalue weighted by atomic mass is 9.85. The van der Waals surface area contributed by atoms with E-state index in [1.165, 1.54) is 9.70 Å². The van der Waals surface area contributed by atoms with Crippen molar-refractivity contribution in [1.82, 2.24) is 35.2 Å².